The molecule has 0 radical (unpaired) electrons. The van der Waals surface area contributed by atoms with Crippen molar-refractivity contribution in [1.82, 2.24) is 0 Å². The number of hydrogen-bond donors (Lipinski definition) is 0. The quantitative estimate of drug-likeness (QED) is 0.607. The van der Waals surface area contributed by atoms with E-state index in [4.69, 9.17) is 9.47 Å². The van der Waals surface area contributed by atoms with Crippen molar-refractivity contribution in [3.8, 4) is 0 Å². The molecule has 2 aliphatic carbocycles. The van der Waals surface area contributed by atoms with Crippen molar-refractivity contribution in [3.63, 3.8) is 0 Å². The summed E-state index contributed by atoms with van der Waals surface area (Å²) in [4.78, 5) is 36.9. The Hall–Kier alpha value is -2.17. The Morgan fingerprint density at radius 3 is 2.24 bits per heavy atom. The molecule has 0 aliphatic heterocycles. The molecule has 2 saturated carbocycles. The minimum absolute atomic E-state index is 0.165. The highest BCUT2D eigenvalue weighted by Crippen LogP contribution is 2.53. The Kier molecular flexibility index (Phi) is 4.93. The number of ketones is 1. The Morgan fingerprint density at radius 2 is 1.64 bits per heavy atom. The molecule has 0 N–H and O–H groups in total. The Labute approximate surface area is 147 Å². The van der Waals surface area contributed by atoms with Gasteiger partial charge < -0.3 is 9.47 Å². The summed E-state index contributed by atoms with van der Waals surface area (Å²) in [5.74, 6) is -1.54. The van der Waals surface area contributed by atoms with Crippen LogP contribution in [0, 0.1) is 37.5 Å². The summed E-state index contributed by atoms with van der Waals surface area (Å²) in [5.41, 5.74) is 2.67. The minimum Gasteiger partial charge on any atom is -0.469 e. The van der Waals surface area contributed by atoms with Gasteiger partial charge in [0.1, 0.15) is 0 Å². The van der Waals surface area contributed by atoms with Gasteiger partial charge in [-0.25, -0.2) is 0 Å². The van der Waals surface area contributed by atoms with Crippen LogP contribution in [0.1, 0.15) is 40.7 Å². The van der Waals surface area contributed by atoms with Gasteiger partial charge >= 0.3 is 11.9 Å². The highest BCUT2D eigenvalue weighted by Gasteiger charge is 2.55. The lowest BCUT2D eigenvalue weighted by Crippen LogP contribution is -2.37. The summed E-state index contributed by atoms with van der Waals surface area (Å²) < 4.78 is 10.2. The average Bonchev–Trinajstić information content (AvgIpc) is 3.22. The minimum atomic E-state index is -0.473. The first-order valence-corrected chi connectivity index (χ1v) is 8.77. The molecule has 2 fully saturated rings. The van der Waals surface area contributed by atoms with E-state index in [0.29, 0.717) is 5.56 Å². The fourth-order valence-electron chi connectivity index (χ4n) is 4.34. The van der Waals surface area contributed by atoms with Crippen molar-refractivity contribution in [2.24, 2.45) is 23.7 Å². The predicted molar refractivity (Wildman–Crippen MR) is 91.0 cm³/mol. The van der Waals surface area contributed by atoms with E-state index >= 15 is 0 Å². The highest BCUT2D eigenvalue weighted by molar-refractivity contribution is 5.98. The molecule has 0 spiro atoms. The van der Waals surface area contributed by atoms with Crippen molar-refractivity contribution in [2.45, 2.75) is 33.1 Å². The second-order valence-electron chi connectivity index (χ2n) is 7.24. The number of esters is 2. The predicted octanol–water partition coefficient (Wildman–Crippen LogP) is 2.86. The largest absolute Gasteiger partial charge is 0.469 e. The summed E-state index contributed by atoms with van der Waals surface area (Å²) in [6, 6.07) is 5.43. The van der Waals surface area contributed by atoms with Crippen LogP contribution in [0.5, 0.6) is 0 Å². The van der Waals surface area contributed by atoms with Crippen LogP contribution in [0.15, 0.2) is 18.2 Å². The summed E-state index contributed by atoms with van der Waals surface area (Å²) in [6.07, 6.45) is 2.75. The molecule has 25 heavy (non-hydrogen) atoms. The first-order chi connectivity index (χ1) is 11.9. The number of benzene rings is 1. The molecule has 1 aromatic carbocycles. The molecule has 2 aliphatic rings. The van der Waals surface area contributed by atoms with Gasteiger partial charge in [-0.1, -0.05) is 12.1 Å². The summed E-state index contributed by atoms with van der Waals surface area (Å²) in [6.45, 7) is 3.63. The van der Waals surface area contributed by atoms with E-state index in [1.54, 1.807) is 12.1 Å². The van der Waals surface area contributed by atoms with Crippen LogP contribution in [0.3, 0.4) is 0 Å². The van der Waals surface area contributed by atoms with E-state index in [1.807, 2.05) is 19.9 Å². The van der Waals surface area contributed by atoms with Gasteiger partial charge in [0.25, 0.3) is 0 Å². The lowest BCUT2D eigenvalue weighted by atomic mass is 9.79. The monoisotopic (exact) mass is 344 g/mol. The molecule has 0 unspecified atom stereocenters. The Balaban J connectivity index is 1.64. The Morgan fingerprint density at radius 1 is 1.00 bits per heavy atom. The van der Waals surface area contributed by atoms with Crippen molar-refractivity contribution >= 4 is 17.7 Å². The van der Waals surface area contributed by atoms with Crippen LogP contribution in [0.4, 0.5) is 0 Å². The Bertz CT molecular complexity index is 708. The maximum Gasteiger partial charge on any atom is 0.310 e. The zero-order valence-corrected chi connectivity index (χ0v) is 14.9. The fraction of sp³-hybridized carbons (Fsp3) is 0.550. The molecule has 2 bridgehead atoms. The van der Waals surface area contributed by atoms with Crippen molar-refractivity contribution in [3.05, 3.63) is 34.9 Å². The lowest BCUT2D eigenvalue weighted by molar-refractivity contribution is -0.161. The molecule has 4 atom stereocenters. The van der Waals surface area contributed by atoms with E-state index in [2.05, 4.69) is 0 Å². The molecule has 0 amide bonds. The number of hydrogen-bond acceptors (Lipinski definition) is 5. The highest BCUT2D eigenvalue weighted by atomic mass is 16.5. The molecule has 0 saturated heterocycles. The maximum atomic E-state index is 12.5. The molecular weight excluding hydrogens is 320 g/mol. The van der Waals surface area contributed by atoms with Crippen molar-refractivity contribution in [2.75, 3.05) is 13.7 Å². The number of rotatable bonds is 5. The number of methoxy groups -OCH3 is 1. The standard InChI is InChI=1S/C20H24O5/c1-11-4-5-13(8-12(11)2)16(21)10-25-20(23)18-15-7-6-14(9-15)17(18)19(22)24-3/h4-5,8,14-15,17-18H,6-7,9-10H2,1-3H3/t14-,15+,17-,18+/m0/s1. The third-order valence-corrected chi connectivity index (χ3v) is 5.84. The first-order valence-electron chi connectivity index (χ1n) is 8.77. The van der Waals surface area contributed by atoms with Crippen molar-refractivity contribution in [1.29, 1.82) is 0 Å². The number of aryl methyl sites for hydroxylation is 2. The van der Waals surface area contributed by atoms with Crippen LogP contribution in [0.2, 0.25) is 0 Å². The molecule has 0 heterocycles. The van der Waals surface area contributed by atoms with Crippen LogP contribution in [-0.2, 0) is 19.1 Å². The molecule has 134 valence electrons. The van der Waals surface area contributed by atoms with Crippen LogP contribution in [0.25, 0.3) is 0 Å². The SMILES string of the molecule is COC(=O)[C@H]1[C@H]2CC[C@H](C2)[C@H]1C(=O)OCC(=O)c1ccc(C)c(C)c1. The van der Waals surface area contributed by atoms with Crippen LogP contribution in [-0.4, -0.2) is 31.4 Å². The van der Waals surface area contributed by atoms with Gasteiger partial charge in [0.15, 0.2) is 12.4 Å². The van der Waals surface area contributed by atoms with E-state index in [0.717, 1.165) is 30.4 Å². The third-order valence-electron chi connectivity index (χ3n) is 5.84. The first kappa shape index (κ1) is 17.6. The zero-order valence-electron chi connectivity index (χ0n) is 14.9. The molecule has 1 aromatic rings. The van der Waals surface area contributed by atoms with Crippen LogP contribution >= 0.6 is 0 Å². The summed E-state index contributed by atoms with van der Waals surface area (Å²) >= 11 is 0. The summed E-state index contributed by atoms with van der Waals surface area (Å²) in [5, 5.41) is 0. The van der Waals surface area contributed by atoms with Gasteiger partial charge in [0, 0.05) is 5.56 Å². The lowest BCUT2D eigenvalue weighted by Gasteiger charge is -2.27. The van der Waals surface area contributed by atoms with Gasteiger partial charge in [0.2, 0.25) is 0 Å². The van der Waals surface area contributed by atoms with Crippen molar-refractivity contribution < 1.29 is 23.9 Å². The van der Waals surface area contributed by atoms with E-state index in [1.165, 1.54) is 7.11 Å². The van der Waals surface area contributed by atoms with E-state index < -0.39 is 17.8 Å². The molecule has 5 nitrogen and oxygen atoms in total. The third kappa shape index (κ3) is 3.32. The van der Waals surface area contributed by atoms with Gasteiger partial charge in [-0.15, -0.1) is 0 Å². The number of carbonyl (C=O) groups is 3. The molecular formula is C20H24O5. The molecule has 3 rings (SSSR count). The molecule has 5 heteroatoms. The molecule has 0 aromatic heterocycles. The maximum absolute atomic E-state index is 12.5. The number of carbonyl (C=O) groups excluding carboxylic acids is 3. The van der Waals surface area contributed by atoms with E-state index in [9.17, 15) is 14.4 Å². The zero-order chi connectivity index (χ0) is 18.1. The van der Waals surface area contributed by atoms with Gasteiger partial charge in [-0.05, 0) is 62.1 Å². The van der Waals surface area contributed by atoms with E-state index in [-0.39, 0.29) is 30.2 Å². The second kappa shape index (κ2) is 6.98. The number of ether oxygens (including phenoxy) is 2. The second-order valence-corrected chi connectivity index (χ2v) is 7.24. The fourth-order valence-corrected chi connectivity index (χ4v) is 4.34. The van der Waals surface area contributed by atoms with Gasteiger partial charge in [0.05, 0.1) is 18.9 Å². The van der Waals surface area contributed by atoms with Gasteiger partial charge in [-0.2, -0.15) is 0 Å². The van der Waals surface area contributed by atoms with Crippen LogP contribution < -0.4 is 0 Å². The normalized spacial score (nSPS) is 27.2. The number of fused-ring (bicyclic) bond motifs is 2. The van der Waals surface area contributed by atoms with Gasteiger partial charge in [-0.3, -0.25) is 14.4 Å². The number of Topliss-reactive ketones (excluding diaryl/α,β-unsaturated/α-hetero) is 1. The topological polar surface area (TPSA) is 69.7 Å². The smallest absolute Gasteiger partial charge is 0.310 e. The average molecular weight is 344 g/mol. The summed E-state index contributed by atoms with van der Waals surface area (Å²) in [7, 11) is 1.35.